The number of carbonyl (C=O) groups is 3. The third-order valence-electron chi connectivity index (χ3n) is 6.48. The van der Waals surface area contributed by atoms with E-state index in [1.807, 2.05) is 6.07 Å². The number of rotatable bonds is 6. The molecular weight excluding hydrogens is 496 g/mol. The van der Waals surface area contributed by atoms with Gasteiger partial charge in [-0.15, -0.1) is 11.8 Å². The van der Waals surface area contributed by atoms with Gasteiger partial charge in [0.1, 0.15) is 30.0 Å². The number of aryl methyl sites for hydroxylation is 1. The van der Waals surface area contributed by atoms with Gasteiger partial charge in [0, 0.05) is 48.1 Å². The van der Waals surface area contributed by atoms with Gasteiger partial charge in [0.25, 0.3) is 0 Å². The smallest absolute Gasteiger partial charge is 0.328 e. The number of hydrogen-bond donors (Lipinski definition) is 1. The van der Waals surface area contributed by atoms with Crippen molar-refractivity contribution >= 4 is 41.6 Å². The summed E-state index contributed by atoms with van der Waals surface area (Å²) >= 11 is 1.55. The number of fused-ring (bicyclic) bond motifs is 1. The average molecular weight is 523 g/mol. The number of nitrogens with zero attached hydrogens (tertiary/aromatic N) is 5. The summed E-state index contributed by atoms with van der Waals surface area (Å²) in [7, 11) is 0. The number of pyridine rings is 2. The Morgan fingerprint density at radius 3 is 2.95 bits per heavy atom. The van der Waals surface area contributed by atoms with Crippen LogP contribution in [0.1, 0.15) is 40.0 Å². The first-order valence-corrected chi connectivity index (χ1v) is 13.0. The lowest BCUT2D eigenvalue weighted by Crippen LogP contribution is -2.42. The highest BCUT2D eigenvalue weighted by Gasteiger charge is 2.28. The number of hydrogen-bond acceptors (Lipinski definition) is 9. The molecule has 0 radical (unpaired) electrons. The summed E-state index contributed by atoms with van der Waals surface area (Å²) < 4.78 is 10.6. The Morgan fingerprint density at radius 2 is 2.19 bits per heavy atom. The SMILES string of the molecule is N#Cc1cnc(NC(=O)N2CCCc3cc(CN4CCOCC4=O)c(C=O)nc32)cc1SC1CCOC1. The van der Waals surface area contributed by atoms with Crippen molar-refractivity contribution in [3.63, 3.8) is 0 Å². The number of nitriles is 1. The molecule has 192 valence electrons. The molecule has 2 fully saturated rings. The van der Waals surface area contributed by atoms with Crippen molar-refractivity contribution < 1.29 is 23.9 Å². The van der Waals surface area contributed by atoms with Crippen molar-refractivity contribution in [1.29, 1.82) is 5.26 Å². The second kappa shape index (κ2) is 11.2. The van der Waals surface area contributed by atoms with Crippen molar-refractivity contribution in [2.75, 3.05) is 49.7 Å². The molecule has 12 heteroatoms. The van der Waals surface area contributed by atoms with E-state index in [9.17, 15) is 19.6 Å². The number of morpholine rings is 1. The van der Waals surface area contributed by atoms with E-state index in [2.05, 4.69) is 21.4 Å². The van der Waals surface area contributed by atoms with Crippen LogP contribution < -0.4 is 10.2 Å². The predicted molar refractivity (Wildman–Crippen MR) is 135 cm³/mol. The maximum Gasteiger partial charge on any atom is 0.328 e. The summed E-state index contributed by atoms with van der Waals surface area (Å²) in [6, 6.07) is 5.31. The van der Waals surface area contributed by atoms with Crippen LogP contribution in [0.15, 0.2) is 23.2 Å². The van der Waals surface area contributed by atoms with E-state index < -0.39 is 6.03 Å². The number of aromatic nitrogens is 2. The molecule has 3 aliphatic rings. The van der Waals surface area contributed by atoms with Crippen LogP contribution in [0.25, 0.3) is 0 Å². The highest BCUT2D eigenvalue weighted by molar-refractivity contribution is 8.00. The van der Waals surface area contributed by atoms with Gasteiger partial charge in [-0.3, -0.25) is 19.8 Å². The minimum absolute atomic E-state index is 0.0285. The van der Waals surface area contributed by atoms with Gasteiger partial charge in [0.2, 0.25) is 5.91 Å². The minimum atomic E-state index is -0.418. The van der Waals surface area contributed by atoms with Gasteiger partial charge in [0.15, 0.2) is 6.29 Å². The fraction of sp³-hybridized carbons (Fsp3) is 0.440. The molecule has 3 aliphatic heterocycles. The van der Waals surface area contributed by atoms with E-state index in [-0.39, 0.29) is 30.0 Å². The fourth-order valence-corrected chi connectivity index (χ4v) is 5.70. The summed E-state index contributed by atoms with van der Waals surface area (Å²) in [6.45, 7) is 2.95. The average Bonchev–Trinajstić information content (AvgIpc) is 3.42. The van der Waals surface area contributed by atoms with E-state index in [1.165, 1.54) is 11.1 Å². The van der Waals surface area contributed by atoms with Gasteiger partial charge < -0.3 is 14.4 Å². The molecule has 1 N–H and O–H groups in total. The second-order valence-corrected chi connectivity index (χ2v) is 10.3. The maximum atomic E-state index is 13.3. The van der Waals surface area contributed by atoms with Gasteiger partial charge in [0.05, 0.1) is 18.8 Å². The second-order valence-electron chi connectivity index (χ2n) is 8.97. The summed E-state index contributed by atoms with van der Waals surface area (Å²) in [6.07, 6.45) is 4.44. The molecule has 5 heterocycles. The van der Waals surface area contributed by atoms with Crippen LogP contribution in [0.3, 0.4) is 0 Å². The van der Waals surface area contributed by atoms with Gasteiger partial charge >= 0.3 is 6.03 Å². The molecule has 0 spiro atoms. The van der Waals surface area contributed by atoms with Crippen LogP contribution in [-0.2, 0) is 27.2 Å². The molecule has 2 saturated heterocycles. The van der Waals surface area contributed by atoms with Crippen LogP contribution in [0, 0.1) is 11.3 Å². The lowest BCUT2D eigenvalue weighted by molar-refractivity contribution is -0.143. The molecule has 1 unspecified atom stereocenters. The number of urea groups is 1. The summed E-state index contributed by atoms with van der Waals surface area (Å²) in [4.78, 5) is 50.0. The van der Waals surface area contributed by atoms with Crippen molar-refractivity contribution in [3.05, 3.63) is 40.7 Å². The first-order valence-electron chi connectivity index (χ1n) is 12.1. The number of anilines is 2. The Bertz CT molecular complexity index is 1260. The number of amides is 3. The molecule has 11 nitrogen and oxygen atoms in total. The van der Waals surface area contributed by atoms with E-state index in [4.69, 9.17) is 9.47 Å². The highest BCUT2D eigenvalue weighted by atomic mass is 32.2. The standard InChI is InChI=1S/C25H26N6O5S/c26-10-18-11-27-22(9-21(18)37-19-3-6-35-14-19)29-25(34)31-4-1-2-16-8-17(20(13-32)28-24(16)31)12-30-5-7-36-15-23(30)33/h8-9,11,13,19H,1-7,12,14-15H2,(H,27,29,34). The van der Waals surface area contributed by atoms with Crippen LogP contribution in [-0.4, -0.2) is 77.9 Å². The van der Waals surface area contributed by atoms with Crippen LogP contribution >= 0.6 is 11.8 Å². The molecule has 0 bridgehead atoms. The number of carbonyl (C=O) groups excluding carboxylic acids is 3. The topological polar surface area (TPSA) is 138 Å². The molecule has 0 saturated carbocycles. The van der Waals surface area contributed by atoms with E-state index >= 15 is 0 Å². The van der Waals surface area contributed by atoms with Gasteiger partial charge in [-0.1, -0.05) is 0 Å². The number of ether oxygens (including phenoxy) is 2. The zero-order valence-corrected chi connectivity index (χ0v) is 21.0. The van der Waals surface area contributed by atoms with Crippen LogP contribution in [0.5, 0.6) is 0 Å². The van der Waals surface area contributed by atoms with Gasteiger partial charge in [-0.05, 0) is 37.0 Å². The largest absolute Gasteiger partial charge is 0.380 e. The zero-order valence-electron chi connectivity index (χ0n) is 20.1. The fourth-order valence-electron chi connectivity index (χ4n) is 4.56. The Labute approximate surface area is 218 Å². The third kappa shape index (κ3) is 5.58. The molecule has 2 aromatic rings. The molecule has 0 aromatic carbocycles. The van der Waals surface area contributed by atoms with E-state index in [0.717, 1.165) is 23.3 Å². The lowest BCUT2D eigenvalue weighted by Gasteiger charge is -2.30. The normalized spacial score (nSPS) is 19.3. The Balaban J connectivity index is 1.35. The Morgan fingerprint density at radius 1 is 1.30 bits per heavy atom. The highest BCUT2D eigenvalue weighted by Crippen LogP contribution is 2.33. The maximum absolute atomic E-state index is 13.3. The van der Waals surface area contributed by atoms with E-state index in [1.54, 1.807) is 22.7 Å². The first-order chi connectivity index (χ1) is 18.1. The first kappa shape index (κ1) is 25.1. The molecule has 0 aliphatic carbocycles. The van der Waals surface area contributed by atoms with Crippen molar-refractivity contribution in [2.24, 2.45) is 0 Å². The summed E-state index contributed by atoms with van der Waals surface area (Å²) in [5.74, 6) is 0.625. The monoisotopic (exact) mass is 522 g/mol. The van der Waals surface area contributed by atoms with Crippen LogP contribution in [0.2, 0.25) is 0 Å². The quantitative estimate of drug-likeness (QED) is 0.567. The molecule has 3 amide bonds. The number of aldehydes is 1. The lowest BCUT2D eigenvalue weighted by atomic mass is 10.0. The van der Waals surface area contributed by atoms with Crippen molar-refractivity contribution in [2.45, 2.75) is 36.0 Å². The minimum Gasteiger partial charge on any atom is -0.380 e. The number of nitrogens with one attached hydrogen (secondary N) is 1. The van der Waals surface area contributed by atoms with Crippen molar-refractivity contribution in [1.82, 2.24) is 14.9 Å². The van der Waals surface area contributed by atoms with Crippen LogP contribution in [0.4, 0.5) is 16.4 Å². The van der Waals surface area contributed by atoms with Crippen molar-refractivity contribution in [3.8, 4) is 6.07 Å². The number of thioether (sulfide) groups is 1. The van der Waals surface area contributed by atoms with Gasteiger partial charge in [-0.2, -0.15) is 5.26 Å². The molecule has 5 rings (SSSR count). The predicted octanol–water partition coefficient (Wildman–Crippen LogP) is 2.39. The third-order valence-corrected chi connectivity index (χ3v) is 7.78. The Hall–Kier alpha value is -3.53. The van der Waals surface area contributed by atoms with E-state index in [0.29, 0.717) is 68.4 Å². The molecular formula is C25H26N6O5S. The molecule has 2 aromatic heterocycles. The summed E-state index contributed by atoms with van der Waals surface area (Å²) in [5.41, 5.74) is 2.14. The Kier molecular flexibility index (Phi) is 7.64. The zero-order chi connectivity index (χ0) is 25.8. The van der Waals surface area contributed by atoms with Gasteiger partial charge in [-0.25, -0.2) is 14.8 Å². The molecule has 1 atom stereocenters. The molecule has 37 heavy (non-hydrogen) atoms. The summed E-state index contributed by atoms with van der Waals surface area (Å²) in [5, 5.41) is 12.5.